The van der Waals surface area contributed by atoms with E-state index < -0.39 is 29.9 Å². The normalized spacial score (nSPS) is 16.3. The van der Waals surface area contributed by atoms with E-state index in [1.54, 1.807) is 0 Å². The number of nitrogens with one attached hydrogen (secondary N) is 3. The molecule has 1 fully saturated rings. The zero-order valence-electron chi connectivity index (χ0n) is 10.8. The van der Waals surface area contributed by atoms with Gasteiger partial charge in [0, 0.05) is 18.3 Å². The van der Waals surface area contributed by atoms with Gasteiger partial charge in [0.05, 0.1) is 6.33 Å². The molecule has 1 aliphatic heterocycles. The summed E-state index contributed by atoms with van der Waals surface area (Å²) in [6, 6.07) is -1.98. The molecule has 1 aromatic heterocycles. The minimum atomic E-state index is -1.23. The number of imide groups is 1. The molecule has 1 atom stereocenters. The maximum atomic E-state index is 11.9. The van der Waals surface area contributed by atoms with E-state index in [0.717, 1.165) is 4.90 Å². The van der Waals surface area contributed by atoms with Crippen molar-refractivity contribution >= 4 is 23.8 Å². The van der Waals surface area contributed by atoms with Crippen LogP contribution in [0.4, 0.5) is 4.79 Å². The lowest BCUT2D eigenvalue weighted by atomic mass is 10.1. The molecule has 0 spiro atoms. The highest BCUT2D eigenvalue weighted by atomic mass is 16.4. The summed E-state index contributed by atoms with van der Waals surface area (Å²) in [5, 5.41) is 13.4. The summed E-state index contributed by atoms with van der Waals surface area (Å²) in [6.07, 6.45) is 2.85. The monoisotopic (exact) mass is 295 g/mol. The standard InChI is InChI=1S/C11H13N5O5/c17-8-3-16(4-9(18)15-8)11(21)14-7(10(19)20)1-6-2-12-5-13-6/h2,5,7H,1,3-4H2,(H,12,13)(H,14,21)(H,19,20)(H,15,17,18)/t7-/m0/s1. The average molecular weight is 295 g/mol. The lowest BCUT2D eigenvalue weighted by Gasteiger charge is -2.27. The van der Waals surface area contributed by atoms with E-state index in [1.807, 2.05) is 5.32 Å². The molecule has 10 nitrogen and oxygen atoms in total. The van der Waals surface area contributed by atoms with Crippen LogP contribution in [0.15, 0.2) is 12.5 Å². The quantitative estimate of drug-likeness (QED) is 0.476. The minimum absolute atomic E-state index is 0.00898. The van der Waals surface area contributed by atoms with Gasteiger partial charge >= 0.3 is 12.0 Å². The van der Waals surface area contributed by atoms with Crippen LogP contribution >= 0.6 is 0 Å². The predicted molar refractivity (Wildman–Crippen MR) is 67.0 cm³/mol. The number of aromatic amines is 1. The molecular weight excluding hydrogens is 282 g/mol. The van der Waals surface area contributed by atoms with Crippen LogP contribution in [-0.2, 0) is 20.8 Å². The van der Waals surface area contributed by atoms with E-state index in [1.165, 1.54) is 12.5 Å². The van der Waals surface area contributed by atoms with Crippen LogP contribution in [0.25, 0.3) is 0 Å². The SMILES string of the molecule is O=C1CN(C(=O)N[C@@H](Cc2cnc[nH]2)C(=O)O)CC(=O)N1. The number of urea groups is 1. The van der Waals surface area contributed by atoms with Crippen molar-refractivity contribution in [2.75, 3.05) is 13.1 Å². The summed E-state index contributed by atoms with van der Waals surface area (Å²) in [5.41, 5.74) is 0.537. The zero-order valence-corrected chi connectivity index (χ0v) is 10.8. The Balaban J connectivity index is 1.99. The third kappa shape index (κ3) is 3.78. The van der Waals surface area contributed by atoms with Gasteiger partial charge in [-0.15, -0.1) is 0 Å². The Kier molecular flexibility index (Phi) is 4.16. The number of amides is 4. The molecule has 21 heavy (non-hydrogen) atoms. The van der Waals surface area contributed by atoms with Gasteiger partial charge in [-0.25, -0.2) is 14.6 Å². The second-order valence-corrected chi connectivity index (χ2v) is 4.45. The van der Waals surface area contributed by atoms with Gasteiger partial charge in [-0.1, -0.05) is 0 Å². The van der Waals surface area contributed by atoms with Crippen LogP contribution in [0.2, 0.25) is 0 Å². The van der Waals surface area contributed by atoms with Gasteiger partial charge in [0.1, 0.15) is 19.1 Å². The Morgan fingerprint density at radius 2 is 2.05 bits per heavy atom. The van der Waals surface area contributed by atoms with Crippen molar-refractivity contribution in [2.45, 2.75) is 12.5 Å². The second-order valence-electron chi connectivity index (χ2n) is 4.45. The highest BCUT2D eigenvalue weighted by molar-refractivity contribution is 6.02. The van der Waals surface area contributed by atoms with Gasteiger partial charge in [-0.2, -0.15) is 0 Å². The Hall–Kier alpha value is -2.91. The van der Waals surface area contributed by atoms with Crippen LogP contribution < -0.4 is 10.6 Å². The Morgan fingerprint density at radius 3 is 2.57 bits per heavy atom. The van der Waals surface area contributed by atoms with Gasteiger partial charge in [-0.3, -0.25) is 14.9 Å². The number of nitrogens with zero attached hydrogens (tertiary/aromatic N) is 2. The molecule has 1 aliphatic rings. The molecule has 0 aliphatic carbocycles. The summed E-state index contributed by atoms with van der Waals surface area (Å²) in [4.78, 5) is 52.9. The largest absolute Gasteiger partial charge is 0.480 e. The van der Waals surface area contributed by atoms with Crippen LogP contribution in [0.5, 0.6) is 0 Å². The minimum Gasteiger partial charge on any atom is -0.480 e. The van der Waals surface area contributed by atoms with E-state index in [4.69, 9.17) is 5.11 Å². The van der Waals surface area contributed by atoms with E-state index in [9.17, 15) is 19.2 Å². The number of rotatable bonds is 4. The van der Waals surface area contributed by atoms with Crippen molar-refractivity contribution < 1.29 is 24.3 Å². The van der Waals surface area contributed by atoms with Crippen molar-refractivity contribution in [3.05, 3.63) is 18.2 Å². The third-order valence-corrected chi connectivity index (χ3v) is 2.81. The second kappa shape index (κ2) is 6.03. The highest BCUT2D eigenvalue weighted by Crippen LogP contribution is 2.02. The molecule has 1 saturated heterocycles. The molecule has 0 aromatic carbocycles. The fourth-order valence-electron chi connectivity index (χ4n) is 1.84. The summed E-state index contributed by atoms with van der Waals surface area (Å²) >= 11 is 0. The molecule has 0 saturated carbocycles. The summed E-state index contributed by atoms with van der Waals surface area (Å²) < 4.78 is 0. The van der Waals surface area contributed by atoms with E-state index in [-0.39, 0.29) is 19.5 Å². The summed E-state index contributed by atoms with van der Waals surface area (Å²) in [7, 11) is 0. The molecule has 0 unspecified atom stereocenters. The number of carbonyl (C=O) groups excluding carboxylic acids is 3. The number of imidazole rings is 1. The number of aromatic nitrogens is 2. The van der Waals surface area contributed by atoms with Crippen molar-refractivity contribution in [3.8, 4) is 0 Å². The van der Waals surface area contributed by atoms with Crippen molar-refractivity contribution in [2.24, 2.45) is 0 Å². The fourth-order valence-corrected chi connectivity index (χ4v) is 1.84. The molecule has 2 rings (SSSR count). The lowest BCUT2D eigenvalue weighted by molar-refractivity contribution is -0.139. The molecular formula is C11H13N5O5. The van der Waals surface area contributed by atoms with Gasteiger partial charge in [-0.05, 0) is 0 Å². The maximum Gasteiger partial charge on any atom is 0.326 e. The number of piperazine rings is 1. The number of hydrogen-bond donors (Lipinski definition) is 4. The molecule has 4 N–H and O–H groups in total. The first-order valence-corrected chi connectivity index (χ1v) is 6.04. The number of aliphatic carboxylic acids is 1. The number of carboxylic acids is 1. The average Bonchev–Trinajstić information content (AvgIpc) is 2.89. The van der Waals surface area contributed by atoms with Crippen molar-refractivity contribution in [3.63, 3.8) is 0 Å². The summed E-state index contributed by atoms with van der Waals surface area (Å²) in [5.74, 6) is -2.45. The van der Waals surface area contributed by atoms with E-state index in [2.05, 4.69) is 15.3 Å². The molecule has 4 amide bonds. The maximum absolute atomic E-state index is 11.9. The topological polar surface area (TPSA) is 144 Å². The zero-order chi connectivity index (χ0) is 15.4. The van der Waals surface area contributed by atoms with Gasteiger partial charge in [0.2, 0.25) is 11.8 Å². The van der Waals surface area contributed by atoms with E-state index >= 15 is 0 Å². The number of H-pyrrole nitrogens is 1. The van der Waals surface area contributed by atoms with Crippen LogP contribution in [-0.4, -0.2) is 62.9 Å². The predicted octanol–water partition coefficient (Wildman–Crippen LogP) is -1.93. The van der Waals surface area contributed by atoms with Crippen LogP contribution in [0.3, 0.4) is 0 Å². The molecule has 2 heterocycles. The first-order chi connectivity index (χ1) is 9.95. The van der Waals surface area contributed by atoms with Gasteiger partial charge < -0.3 is 20.3 Å². The Labute approximate surface area is 118 Å². The molecule has 112 valence electrons. The van der Waals surface area contributed by atoms with E-state index in [0.29, 0.717) is 5.69 Å². The molecule has 0 bridgehead atoms. The van der Waals surface area contributed by atoms with Crippen LogP contribution in [0.1, 0.15) is 5.69 Å². The van der Waals surface area contributed by atoms with Gasteiger partial charge in [0.25, 0.3) is 0 Å². The molecule has 0 radical (unpaired) electrons. The molecule has 1 aromatic rings. The van der Waals surface area contributed by atoms with Gasteiger partial charge in [0.15, 0.2) is 0 Å². The number of carbonyl (C=O) groups is 4. The summed E-state index contributed by atoms with van der Waals surface area (Å²) in [6.45, 7) is -0.595. The Morgan fingerprint density at radius 1 is 1.38 bits per heavy atom. The number of hydrogen-bond acceptors (Lipinski definition) is 5. The number of carboxylic acid groups (broad SMARTS) is 1. The first-order valence-electron chi connectivity index (χ1n) is 6.04. The Bertz CT molecular complexity index is 554. The fraction of sp³-hybridized carbons (Fsp3) is 0.364. The van der Waals surface area contributed by atoms with Crippen LogP contribution in [0, 0.1) is 0 Å². The molecule has 10 heteroatoms. The highest BCUT2D eigenvalue weighted by Gasteiger charge is 2.29. The van der Waals surface area contributed by atoms with Crippen molar-refractivity contribution in [1.82, 2.24) is 25.5 Å². The first kappa shape index (κ1) is 14.5. The lowest BCUT2D eigenvalue weighted by Crippen LogP contribution is -2.58. The third-order valence-electron chi connectivity index (χ3n) is 2.81. The van der Waals surface area contributed by atoms with Crippen molar-refractivity contribution in [1.29, 1.82) is 0 Å². The smallest absolute Gasteiger partial charge is 0.326 e.